The molecule has 0 rings (SSSR count). The van der Waals surface area contributed by atoms with Crippen LogP contribution >= 0.6 is 0 Å². The number of nitrogens with one attached hydrogen (secondary N) is 1. The molecule has 4 nitrogen and oxygen atoms in total. The van der Waals surface area contributed by atoms with E-state index < -0.39 is 0 Å². The van der Waals surface area contributed by atoms with Crippen molar-refractivity contribution in [3.8, 4) is 0 Å². The standard InChI is InChI=1S/C7H16N2O2/c1-7(2,3)5-11-4-6(10)9-8/h4-5,8H2,1-3H3,(H,9,10). The fourth-order valence-corrected chi connectivity index (χ4v) is 0.492. The van der Waals surface area contributed by atoms with Crippen molar-refractivity contribution in [2.75, 3.05) is 13.2 Å². The summed E-state index contributed by atoms with van der Waals surface area (Å²) in [6.07, 6.45) is 0. The summed E-state index contributed by atoms with van der Waals surface area (Å²) in [4.78, 5) is 10.5. The Kier molecular flexibility index (Phi) is 4.07. The predicted octanol–water partition coefficient (Wildman–Crippen LogP) is 0.0390. The summed E-state index contributed by atoms with van der Waals surface area (Å²) in [5.74, 6) is 4.55. The summed E-state index contributed by atoms with van der Waals surface area (Å²) in [6.45, 7) is 6.70. The van der Waals surface area contributed by atoms with Crippen LogP contribution in [0.1, 0.15) is 20.8 Å². The Morgan fingerprint density at radius 2 is 2.09 bits per heavy atom. The van der Waals surface area contributed by atoms with Crippen LogP contribution in [-0.2, 0) is 9.53 Å². The number of rotatable bonds is 3. The average Bonchev–Trinajstić information content (AvgIpc) is 1.85. The SMILES string of the molecule is CC(C)(C)COCC(=O)NN. The minimum atomic E-state index is -0.297. The highest BCUT2D eigenvalue weighted by molar-refractivity contribution is 5.76. The number of carbonyl (C=O) groups excluding carboxylic acids is 1. The maximum atomic E-state index is 10.5. The van der Waals surface area contributed by atoms with E-state index in [1.807, 2.05) is 26.2 Å². The molecule has 0 saturated carbocycles. The molecule has 1 amide bonds. The first-order chi connectivity index (χ1) is 4.95. The maximum Gasteiger partial charge on any atom is 0.259 e. The summed E-state index contributed by atoms with van der Waals surface area (Å²) in [5, 5.41) is 0. The molecular formula is C7H16N2O2. The Balaban J connectivity index is 3.35. The van der Waals surface area contributed by atoms with Crippen molar-refractivity contribution in [2.24, 2.45) is 11.3 Å². The van der Waals surface area contributed by atoms with Crippen LogP contribution in [0.4, 0.5) is 0 Å². The van der Waals surface area contributed by atoms with Gasteiger partial charge in [-0.05, 0) is 5.41 Å². The Morgan fingerprint density at radius 3 is 2.45 bits per heavy atom. The summed E-state index contributed by atoms with van der Waals surface area (Å²) < 4.78 is 5.06. The molecule has 0 aromatic rings. The molecule has 0 aromatic carbocycles. The number of ether oxygens (including phenoxy) is 1. The second kappa shape index (κ2) is 4.31. The van der Waals surface area contributed by atoms with E-state index in [-0.39, 0.29) is 17.9 Å². The number of hydrazine groups is 1. The van der Waals surface area contributed by atoms with Crippen molar-refractivity contribution in [2.45, 2.75) is 20.8 Å². The van der Waals surface area contributed by atoms with Gasteiger partial charge in [0.1, 0.15) is 6.61 Å². The second-order valence-electron chi connectivity index (χ2n) is 3.62. The highest BCUT2D eigenvalue weighted by Gasteiger charge is 2.10. The largest absolute Gasteiger partial charge is 0.371 e. The van der Waals surface area contributed by atoms with E-state index in [1.54, 1.807) is 0 Å². The van der Waals surface area contributed by atoms with Gasteiger partial charge in [-0.2, -0.15) is 0 Å². The Bertz CT molecular complexity index is 129. The zero-order valence-corrected chi connectivity index (χ0v) is 7.31. The van der Waals surface area contributed by atoms with Gasteiger partial charge in [0.2, 0.25) is 0 Å². The zero-order chi connectivity index (χ0) is 8.91. The smallest absolute Gasteiger partial charge is 0.259 e. The van der Waals surface area contributed by atoms with Gasteiger partial charge in [-0.3, -0.25) is 10.2 Å². The molecule has 0 atom stereocenters. The minimum absolute atomic E-state index is 0.0355. The lowest BCUT2D eigenvalue weighted by atomic mass is 9.99. The fraction of sp³-hybridized carbons (Fsp3) is 0.857. The zero-order valence-electron chi connectivity index (χ0n) is 7.31. The van der Waals surface area contributed by atoms with Crippen LogP contribution in [0.25, 0.3) is 0 Å². The van der Waals surface area contributed by atoms with E-state index >= 15 is 0 Å². The van der Waals surface area contributed by atoms with Crippen molar-refractivity contribution in [3.63, 3.8) is 0 Å². The van der Waals surface area contributed by atoms with Crippen molar-refractivity contribution < 1.29 is 9.53 Å². The van der Waals surface area contributed by atoms with Crippen LogP contribution in [0.15, 0.2) is 0 Å². The molecular weight excluding hydrogens is 144 g/mol. The number of nitrogens with two attached hydrogens (primary N) is 1. The molecule has 0 aromatic heterocycles. The van der Waals surface area contributed by atoms with E-state index in [1.165, 1.54) is 0 Å². The predicted molar refractivity (Wildman–Crippen MR) is 42.6 cm³/mol. The van der Waals surface area contributed by atoms with Gasteiger partial charge in [0.25, 0.3) is 5.91 Å². The highest BCUT2D eigenvalue weighted by atomic mass is 16.5. The van der Waals surface area contributed by atoms with Crippen LogP contribution < -0.4 is 11.3 Å². The topological polar surface area (TPSA) is 64.3 Å². The Morgan fingerprint density at radius 1 is 1.55 bits per heavy atom. The number of hydrogen-bond acceptors (Lipinski definition) is 3. The van der Waals surface area contributed by atoms with Crippen LogP contribution in [0.3, 0.4) is 0 Å². The van der Waals surface area contributed by atoms with Crippen molar-refractivity contribution in [3.05, 3.63) is 0 Å². The molecule has 3 N–H and O–H groups in total. The third-order valence-electron chi connectivity index (χ3n) is 0.929. The highest BCUT2D eigenvalue weighted by Crippen LogP contribution is 2.12. The molecule has 0 fully saturated rings. The van der Waals surface area contributed by atoms with E-state index in [0.29, 0.717) is 6.61 Å². The second-order valence-corrected chi connectivity index (χ2v) is 3.62. The first-order valence-corrected chi connectivity index (χ1v) is 3.53. The molecule has 0 saturated heterocycles. The van der Waals surface area contributed by atoms with Gasteiger partial charge in [0.15, 0.2) is 0 Å². The average molecular weight is 160 g/mol. The lowest BCUT2D eigenvalue weighted by Gasteiger charge is -2.17. The van der Waals surface area contributed by atoms with Crippen LogP contribution in [-0.4, -0.2) is 19.1 Å². The molecule has 0 heterocycles. The lowest BCUT2D eigenvalue weighted by molar-refractivity contribution is -0.126. The van der Waals surface area contributed by atoms with E-state index in [4.69, 9.17) is 10.6 Å². The van der Waals surface area contributed by atoms with E-state index in [9.17, 15) is 4.79 Å². The summed E-state index contributed by atoms with van der Waals surface area (Å²) in [7, 11) is 0. The van der Waals surface area contributed by atoms with Gasteiger partial charge in [-0.1, -0.05) is 20.8 Å². The van der Waals surface area contributed by atoms with Gasteiger partial charge >= 0.3 is 0 Å². The summed E-state index contributed by atoms with van der Waals surface area (Å²) >= 11 is 0. The Hall–Kier alpha value is -0.610. The van der Waals surface area contributed by atoms with Crippen LogP contribution in [0.5, 0.6) is 0 Å². The molecule has 66 valence electrons. The minimum Gasteiger partial charge on any atom is -0.371 e. The molecule has 4 heteroatoms. The first kappa shape index (κ1) is 10.4. The van der Waals surface area contributed by atoms with Gasteiger partial charge in [-0.25, -0.2) is 5.84 Å². The third kappa shape index (κ3) is 7.29. The normalized spacial score (nSPS) is 11.3. The molecule has 11 heavy (non-hydrogen) atoms. The van der Waals surface area contributed by atoms with E-state index in [2.05, 4.69) is 0 Å². The van der Waals surface area contributed by atoms with Crippen molar-refractivity contribution in [1.29, 1.82) is 0 Å². The van der Waals surface area contributed by atoms with Crippen LogP contribution in [0.2, 0.25) is 0 Å². The molecule has 0 aliphatic rings. The number of amides is 1. The molecule has 0 aliphatic heterocycles. The summed E-state index contributed by atoms with van der Waals surface area (Å²) in [6, 6.07) is 0. The van der Waals surface area contributed by atoms with Gasteiger partial charge in [0, 0.05) is 0 Å². The van der Waals surface area contributed by atoms with E-state index in [0.717, 1.165) is 0 Å². The molecule has 0 aliphatic carbocycles. The quantitative estimate of drug-likeness (QED) is 0.348. The third-order valence-corrected chi connectivity index (χ3v) is 0.929. The molecule has 0 unspecified atom stereocenters. The molecule has 0 bridgehead atoms. The summed E-state index contributed by atoms with van der Waals surface area (Å²) in [5.41, 5.74) is 2.08. The first-order valence-electron chi connectivity index (χ1n) is 3.53. The Labute approximate surface area is 67.1 Å². The van der Waals surface area contributed by atoms with Gasteiger partial charge in [-0.15, -0.1) is 0 Å². The number of hydrogen-bond donors (Lipinski definition) is 2. The van der Waals surface area contributed by atoms with Crippen molar-refractivity contribution >= 4 is 5.91 Å². The fourth-order valence-electron chi connectivity index (χ4n) is 0.492. The number of carbonyl (C=O) groups is 1. The monoisotopic (exact) mass is 160 g/mol. The van der Waals surface area contributed by atoms with Crippen molar-refractivity contribution in [1.82, 2.24) is 5.43 Å². The van der Waals surface area contributed by atoms with Gasteiger partial charge < -0.3 is 4.74 Å². The molecule has 0 spiro atoms. The van der Waals surface area contributed by atoms with Crippen LogP contribution in [0, 0.1) is 5.41 Å². The maximum absolute atomic E-state index is 10.5. The van der Waals surface area contributed by atoms with Gasteiger partial charge in [0.05, 0.1) is 6.61 Å². The molecule has 0 radical (unpaired) electrons. The lowest BCUT2D eigenvalue weighted by Crippen LogP contribution is -2.34.